The van der Waals surface area contributed by atoms with Crippen molar-refractivity contribution in [1.29, 1.82) is 0 Å². The van der Waals surface area contributed by atoms with Crippen molar-refractivity contribution in [2.75, 3.05) is 19.9 Å². The van der Waals surface area contributed by atoms with E-state index in [1.807, 2.05) is 22.9 Å². The van der Waals surface area contributed by atoms with Gasteiger partial charge in [0.1, 0.15) is 0 Å². The van der Waals surface area contributed by atoms with Crippen LogP contribution in [-0.2, 0) is 11.3 Å². The van der Waals surface area contributed by atoms with E-state index in [9.17, 15) is 4.79 Å². The summed E-state index contributed by atoms with van der Waals surface area (Å²) in [4.78, 5) is 13.9. The van der Waals surface area contributed by atoms with E-state index in [4.69, 9.17) is 15.2 Å². The fraction of sp³-hybridized carbons (Fsp3) is 0.600. The summed E-state index contributed by atoms with van der Waals surface area (Å²) in [6, 6.07) is 6.01. The van der Waals surface area contributed by atoms with E-state index in [0.29, 0.717) is 12.5 Å². The number of fused-ring (bicyclic) bond motifs is 1. The van der Waals surface area contributed by atoms with Crippen molar-refractivity contribution in [1.82, 2.24) is 25.1 Å². The number of rotatable bonds is 7. The van der Waals surface area contributed by atoms with E-state index < -0.39 is 0 Å². The Kier molecular flexibility index (Phi) is 5.66. The Hall–Kier alpha value is -2.68. The maximum atomic E-state index is 11.5. The highest BCUT2D eigenvalue weighted by Crippen LogP contribution is 2.34. The van der Waals surface area contributed by atoms with E-state index in [2.05, 4.69) is 34.3 Å². The zero-order chi connectivity index (χ0) is 20.4. The number of likely N-dealkylation sites (tertiary alicyclic amines) is 1. The van der Waals surface area contributed by atoms with Crippen LogP contribution in [0.5, 0.6) is 11.5 Å². The van der Waals surface area contributed by atoms with E-state index in [1.165, 1.54) is 0 Å². The summed E-state index contributed by atoms with van der Waals surface area (Å²) in [5.41, 5.74) is 6.55. The second-order valence-electron chi connectivity index (χ2n) is 8.24. The number of carbonyl (C=O) groups excluding carboxylic acids is 1. The fourth-order valence-electron chi connectivity index (χ4n) is 4.14. The SMILES string of the molecule is CC(C)C[C@H](c1nnnn1Cc1ccc2c(c1)OCO2)N1CCC(C(N)=O)CC1. The molecule has 1 amide bonds. The minimum absolute atomic E-state index is 0.0319. The van der Waals surface area contributed by atoms with E-state index in [0.717, 1.165) is 55.2 Å². The number of amides is 1. The molecule has 1 aromatic heterocycles. The maximum absolute atomic E-state index is 11.5. The number of ether oxygens (including phenoxy) is 2. The fourth-order valence-corrected chi connectivity index (χ4v) is 4.14. The molecule has 3 heterocycles. The van der Waals surface area contributed by atoms with Crippen LogP contribution in [0.4, 0.5) is 0 Å². The number of tetrazole rings is 1. The molecule has 2 aromatic rings. The van der Waals surface area contributed by atoms with Crippen LogP contribution in [0.1, 0.15) is 50.5 Å². The molecule has 0 bridgehead atoms. The number of benzene rings is 1. The van der Waals surface area contributed by atoms with Gasteiger partial charge in [0.2, 0.25) is 12.7 Å². The molecule has 29 heavy (non-hydrogen) atoms. The highest BCUT2D eigenvalue weighted by molar-refractivity contribution is 5.76. The van der Waals surface area contributed by atoms with E-state index >= 15 is 0 Å². The average molecular weight is 400 g/mol. The van der Waals surface area contributed by atoms with Crippen LogP contribution in [0.15, 0.2) is 18.2 Å². The maximum Gasteiger partial charge on any atom is 0.231 e. The van der Waals surface area contributed by atoms with Crippen molar-refractivity contribution in [2.45, 2.75) is 45.7 Å². The van der Waals surface area contributed by atoms with Gasteiger partial charge in [0, 0.05) is 5.92 Å². The van der Waals surface area contributed by atoms with Crippen molar-refractivity contribution < 1.29 is 14.3 Å². The lowest BCUT2D eigenvalue weighted by atomic mass is 9.93. The normalized spacial score (nSPS) is 18.3. The van der Waals surface area contributed by atoms with Crippen molar-refractivity contribution in [3.8, 4) is 11.5 Å². The summed E-state index contributed by atoms with van der Waals surface area (Å²) in [5.74, 6) is 2.64. The van der Waals surface area contributed by atoms with Crippen molar-refractivity contribution in [2.24, 2.45) is 17.6 Å². The lowest BCUT2D eigenvalue weighted by Gasteiger charge is -2.36. The largest absolute Gasteiger partial charge is 0.454 e. The zero-order valence-corrected chi connectivity index (χ0v) is 17.0. The summed E-state index contributed by atoms with van der Waals surface area (Å²) in [7, 11) is 0. The van der Waals surface area contributed by atoms with Gasteiger partial charge in [-0.1, -0.05) is 19.9 Å². The molecule has 4 rings (SSSR count). The predicted molar refractivity (Wildman–Crippen MR) is 105 cm³/mol. The molecule has 1 fully saturated rings. The Balaban J connectivity index is 1.53. The molecule has 0 saturated carbocycles. The second kappa shape index (κ2) is 8.36. The van der Waals surface area contributed by atoms with Crippen molar-refractivity contribution >= 4 is 5.91 Å². The van der Waals surface area contributed by atoms with Crippen LogP contribution in [0.2, 0.25) is 0 Å². The summed E-state index contributed by atoms with van der Waals surface area (Å²) >= 11 is 0. The molecule has 1 aromatic carbocycles. The Labute approximate surface area is 170 Å². The molecule has 0 unspecified atom stereocenters. The van der Waals surface area contributed by atoms with Gasteiger partial charge >= 0.3 is 0 Å². The Morgan fingerprint density at radius 3 is 2.72 bits per heavy atom. The molecule has 2 aliphatic rings. The van der Waals surface area contributed by atoms with Gasteiger partial charge in [-0.15, -0.1) is 5.10 Å². The average Bonchev–Trinajstić information content (AvgIpc) is 3.35. The standard InChI is InChI=1S/C20H28N6O3/c1-13(2)9-16(25-7-5-15(6-8-25)19(21)27)20-22-23-24-26(20)11-14-3-4-17-18(10-14)29-12-28-17/h3-4,10,13,15-16H,5-9,11-12H2,1-2H3,(H2,21,27)/t16-/m1/s1. The van der Waals surface area contributed by atoms with Gasteiger partial charge in [0.05, 0.1) is 12.6 Å². The summed E-state index contributed by atoms with van der Waals surface area (Å²) in [5, 5.41) is 12.6. The van der Waals surface area contributed by atoms with E-state index in [-0.39, 0.29) is 24.7 Å². The highest BCUT2D eigenvalue weighted by atomic mass is 16.7. The summed E-state index contributed by atoms with van der Waals surface area (Å²) < 4.78 is 12.7. The number of primary amides is 1. The molecule has 1 atom stereocenters. The minimum Gasteiger partial charge on any atom is -0.454 e. The molecule has 0 aliphatic carbocycles. The van der Waals surface area contributed by atoms with Crippen LogP contribution in [0, 0.1) is 11.8 Å². The van der Waals surface area contributed by atoms with Gasteiger partial charge in [-0.2, -0.15) is 0 Å². The molecule has 2 aliphatic heterocycles. The van der Waals surface area contributed by atoms with Crippen LogP contribution in [-0.4, -0.2) is 50.9 Å². The monoisotopic (exact) mass is 400 g/mol. The van der Waals surface area contributed by atoms with Gasteiger partial charge in [-0.25, -0.2) is 4.68 Å². The molecular formula is C20H28N6O3. The molecule has 9 heteroatoms. The third-order valence-corrected chi connectivity index (χ3v) is 5.69. The zero-order valence-electron chi connectivity index (χ0n) is 17.0. The number of hydrogen-bond acceptors (Lipinski definition) is 7. The van der Waals surface area contributed by atoms with Gasteiger partial charge in [-0.05, 0) is 66.4 Å². The first-order chi connectivity index (χ1) is 14.0. The first kappa shape index (κ1) is 19.6. The third-order valence-electron chi connectivity index (χ3n) is 5.69. The summed E-state index contributed by atoms with van der Waals surface area (Å²) in [6.45, 7) is 6.87. The van der Waals surface area contributed by atoms with Gasteiger partial charge in [0.15, 0.2) is 17.3 Å². The topological polar surface area (TPSA) is 108 Å². The quantitative estimate of drug-likeness (QED) is 0.754. The van der Waals surface area contributed by atoms with E-state index in [1.54, 1.807) is 0 Å². The Morgan fingerprint density at radius 1 is 1.24 bits per heavy atom. The molecule has 156 valence electrons. The Morgan fingerprint density at radius 2 is 2.00 bits per heavy atom. The number of piperidine rings is 1. The van der Waals surface area contributed by atoms with Crippen molar-refractivity contribution in [3.05, 3.63) is 29.6 Å². The predicted octanol–water partition coefficient (Wildman–Crippen LogP) is 1.73. The second-order valence-corrected chi connectivity index (χ2v) is 8.24. The molecule has 2 N–H and O–H groups in total. The van der Waals surface area contributed by atoms with Gasteiger partial charge in [0.25, 0.3) is 0 Å². The van der Waals surface area contributed by atoms with Crippen LogP contribution >= 0.6 is 0 Å². The molecular weight excluding hydrogens is 372 g/mol. The molecule has 0 radical (unpaired) electrons. The van der Waals surface area contributed by atoms with Gasteiger partial charge < -0.3 is 15.2 Å². The highest BCUT2D eigenvalue weighted by Gasteiger charge is 2.32. The number of hydrogen-bond donors (Lipinski definition) is 1. The summed E-state index contributed by atoms with van der Waals surface area (Å²) in [6.07, 6.45) is 2.52. The minimum atomic E-state index is -0.197. The number of aromatic nitrogens is 4. The Bertz CT molecular complexity index is 860. The molecule has 9 nitrogen and oxygen atoms in total. The number of carbonyl (C=O) groups is 1. The first-order valence-electron chi connectivity index (χ1n) is 10.2. The number of nitrogens with two attached hydrogens (primary N) is 1. The van der Waals surface area contributed by atoms with Crippen LogP contribution in [0.3, 0.4) is 0 Å². The van der Waals surface area contributed by atoms with Crippen molar-refractivity contribution in [3.63, 3.8) is 0 Å². The lowest BCUT2D eigenvalue weighted by Crippen LogP contribution is -2.41. The smallest absolute Gasteiger partial charge is 0.231 e. The molecule has 0 spiro atoms. The van der Waals surface area contributed by atoms with Crippen LogP contribution < -0.4 is 15.2 Å². The first-order valence-corrected chi connectivity index (χ1v) is 10.2. The van der Waals surface area contributed by atoms with Crippen LogP contribution in [0.25, 0.3) is 0 Å². The third kappa shape index (κ3) is 4.34. The van der Waals surface area contributed by atoms with Gasteiger partial charge in [-0.3, -0.25) is 9.69 Å². The number of nitrogens with zero attached hydrogens (tertiary/aromatic N) is 5. The molecule has 1 saturated heterocycles. The lowest BCUT2D eigenvalue weighted by molar-refractivity contribution is -0.123.